The van der Waals surface area contributed by atoms with Gasteiger partial charge in [-0.25, -0.2) is 4.98 Å². The molecule has 154 valence electrons. The zero-order chi connectivity index (χ0) is 20.8. The number of nitrogens with zero attached hydrogens (tertiary/aromatic N) is 2. The van der Waals surface area contributed by atoms with Gasteiger partial charge in [-0.05, 0) is 60.9 Å². The Morgan fingerprint density at radius 3 is 2.59 bits per heavy atom. The maximum Gasteiger partial charge on any atom is 0.416 e. The molecule has 2 aliphatic carbocycles. The molecule has 3 atom stereocenters. The van der Waals surface area contributed by atoms with E-state index in [1.807, 2.05) is 19.3 Å². The summed E-state index contributed by atoms with van der Waals surface area (Å²) in [7, 11) is 3.50. The molecule has 1 fully saturated rings. The number of imidazole rings is 1. The average Bonchev–Trinajstić information content (AvgIpc) is 3.22. The van der Waals surface area contributed by atoms with Crippen LogP contribution in [0.3, 0.4) is 0 Å². The summed E-state index contributed by atoms with van der Waals surface area (Å²) in [6.07, 6.45) is 6.32. The van der Waals surface area contributed by atoms with Gasteiger partial charge >= 0.3 is 6.18 Å². The van der Waals surface area contributed by atoms with E-state index in [1.54, 1.807) is 23.8 Å². The Hall–Kier alpha value is -2.70. The lowest BCUT2D eigenvalue weighted by atomic mass is 9.68. The Labute approximate surface area is 167 Å². The largest absolute Gasteiger partial charge is 0.497 e. The van der Waals surface area contributed by atoms with E-state index in [0.29, 0.717) is 18.3 Å². The fourth-order valence-corrected chi connectivity index (χ4v) is 4.79. The van der Waals surface area contributed by atoms with Gasteiger partial charge in [0.1, 0.15) is 5.76 Å². The molecule has 2 aromatic rings. The normalized spacial score (nSPS) is 26.3. The highest BCUT2D eigenvalue weighted by Gasteiger charge is 2.50. The van der Waals surface area contributed by atoms with E-state index < -0.39 is 11.7 Å². The number of aryl methyl sites for hydroxylation is 1. The van der Waals surface area contributed by atoms with E-state index in [9.17, 15) is 13.2 Å². The molecular weight excluding hydrogens is 379 g/mol. The van der Waals surface area contributed by atoms with Crippen molar-refractivity contribution in [3.05, 3.63) is 71.3 Å². The third kappa shape index (κ3) is 3.43. The van der Waals surface area contributed by atoms with Crippen LogP contribution in [0.5, 0.6) is 0 Å². The third-order valence-electron chi connectivity index (χ3n) is 6.33. The number of rotatable bonds is 4. The van der Waals surface area contributed by atoms with Crippen LogP contribution in [-0.4, -0.2) is 16.7 Å². The second kappa shape index (κ2) is 6.97. The molecule has 1 aromatic heterocycles. The molecule has 0 aliphatic heterocycles. The first-order valence-electron chi connectivity index (χ1n) is 9.62. The molecule has 0 radical (unpaired) electrons. The molecule has 2 aliphatic rings. The number of ether oxygens (including phenoxy) is 1. The Balaban J connectivity index is 1.73. The molecule has 29 heavy (non-hydrogen) atoms. The van der Waals surface area contributed by atoms with Gasteiger partial charge in [-0.3, -0.25) is 0 Å². The molecule has 4 rings (SSSR count). The number of fused-ring (bicyclic) bond motifs is 1. The Morgan fingerprint density at radius 2 is 2.00 bits per heavy atom. The van der Waals surface area contributed by atoms with Gasteiger partial charge in [-0.1, -0.05) is 18.2 Å². The van der Waals surface area contributed by atoms with Crippen molar-refractivity contribution in [3.8, 4) is 0 Å². The minimum atomic E-state index is -4.34. The molecule has 1 aromatic carbocycles. The van der Waals surface area contributed by atoms with Crippen LogP contribution in [0.1, 0.15) is 29.7 Å². The molecule has 0 spiro atoms. The summed E-state index contributed by atoms with van der Waals surface area (Å²) in [6, 6.07) is 5.46. The number of methoxy groups -OCH3 is 1. The highest BCUT2D eigenvalue weighted by Crippen LogP contribution is 2.53. The van der Waals surface area contributed by atoms with Crippen LogP contribution in [0.2, 0.25) is 0 Å². The van der Waals surface area contributed by atoms with Crippen molar-refractivity contribution in [1.82, 2.24) is 9.55 Å². The molecule has 1 saturated carbocycles. The molecular formula is C22H24F3N3O. The van der Waals surface area contributed by atoms with Gasteiger partial charge in [0.05, 0.1) is 18.4 Å². The van der Waals surface area contributed by atoms with Gasteiger partial charge in [0.15, 0.2) is 5.95 Å². The summed E-state index contributed by atoms with van der Waals surface area (Å²) in [6.45, 7) is 0. The number of hydrogen-bond donors (Lipinski definition) is 1. The van der Waals surface area contributed by atoms with Gasteiger partial charge in [-0.2, -0.15) is 13.2 Å². The number of halogens is 3. The standard InChI is InChI=1S/C22H24F3N3O/c1-28-13-19(27-20(28)26)21(10-9-15-11-17(29-2)7-8-18(15)21)12-14-3-5-16(6-4-14)22(23,24)25/h3-8,11,13,15,18H,9-10,12H2,1-2H3,(H2,26,27). The molecule has 4 nitrogen and oxygen atoms in total. The SMILES string of the molecule is COC1=CC2CCC(Cc3ccc(C(F)(F)F)cc3)(c3cn(C)c(N)n3)C2C=C1. The second-order valence-electron chi connectivity index (χ2n) is 7.98. The van der Waals surface area contributed by atoms with E-state index in [-0.39, 0.29) is 11.3 Å². The van der Waals surface area contributed by atoms with Crippen LogP contribution >= 0.6 is 0 Å². The number of alkyl halides is 3. The topological polar surface area (TPSA) is 53.1 Å². The summed E-state index contributed by atoms with van der Waals surface area (Å²) < 4.78 is 46.0. The maximum absolute atomic E-state index is 12.9. The number of nitrogens with two attached hydrogens (primary N) is 1. The van der Waals surface area contributed by atoms with E-state index in [4.69, 9.17) is 10.5 Å². The number of allylic oxidation sites excluding steroid dienone is 3. The lowest BCUT2D eigenvalue weighted by Crippen LogP contribution is -2.35. The molecule has 0 saturated heterocycles. The minimum Gasteiger partial charge on any atom is -0.497 e. The van der Waals surface area contributed by atoms with Crippen molar-refractivity contribution in [1.29, 1.82) is 0 Å². The number of anilines is 1. The molecule has 3 unspecified atom stereocenters. The van der Waals surface area contributed by atoms with Crippen LogP contribution in [0.25, 0.3) is 0 Å². The number of hydrogen-bond acceptors (Lipinski definition) is 3. The highest BCUT2D eigenvalue weighted by molar-refractivity contribution is 5.38. The lowest BCUT2D eigenvalue weighted by Gasteiger charge is -2.36. The summed E-state index contributed by atoms with van der Waals surface area (Å²) in [5.41, 5.74) is 6.81. The van der Waals surface area contributed by atoms with Gasteiger partial charge in [0.25, 0.3) is 0 Å². The van der Waals surface area contributed by atoms with Gasteiger partial charge in [0, 0.05) is 18.7 Å². The number of benzene rings is 1. The fraction of sp³-hybridized carbons (Fsp3) is 0.409. The van der Waals surface area contributed by atoms with Crippen molar-refractivity contribution in [2.24, 2.45) is 18.9 Å². The fourth-order valence-electron chi connectivity index (χ4n) is 4.79. The van der Waals surface area contributed by atoms with E-state index >= 15 is 0 Å². The van der Waals surface area contributed by atoms with E-state index in [2.05, 4.69) is 17.1 Å². The van der Waals surface area contributed by atoms with Gasteiger partial charge in [-0.15, -0.1) is 0 Å². The monoisotopic (exact) mass is 403 g/mol. The molecule has 1 heterocycles. The van der Waals surface area contributed by atoms with Gasteiger partial charge < -0.3 is 15.0 Å². The lowest BCUT2D eigenvalue weighted by molar-refractivity contribution is -0.137. The van der Waals surface area contributed by atoms with Gasteiger partial charge in [0.2, 0.25) is 0 Å². The van der Waals surface area contributed by atoms with E-state index in [0.717, 1.165) is 42.0 Å². The molecule has 0 amide bonds. The summed E-state index contributed by atoms with van der Waals surface area (Å²) in [4.78, 5) is 4.62. The first kappa shape index (κ1) is 19.6. The maximum atomic E-state index is 12.9. The summed E-state index contributed by atoms with van der Waals surface area (Å²) >= 11 is 0. The predicted octanol–water partition coefficient (Wildman–Crippen LogP) is 4.63. The van der Waals surface area contributed by atoms with Crippen LogP contribution in [0, 0.1) is 11.8 Å². The number of nitrogen functional groups attached to an aromatic ring is 1. The predicted molar refractivity (Wildman–Crippen MR) is 105 cm³/mol. The smallest absolute Gasteiger partial charge is 0.416 e. The average molecular weight is 403 g/mol. The first-order valence-corrected chi connectivity index (χ1v) is 9.62. The zero-order valence-electron chi connectivity index (χ0n) is 16.4. The first-order chi connectivity index (χ1) is 13.7. The van der Waals surface area contributed by atoms with E-state index in [1.165, 1.54) is 0 Å². The minimum absolute atomic E-state index is 0.179. The molecule has 2 N–H and O–H groups in total. The second-order valence-corrected chi connectivity index (χ2v) is 7.98. The van der Waals surface area contributed by atoms with Crippen molar-refractivity contribution in [3.63, 3.8) is 0 Å². The number of aromatic nitrogens is 2. The summed E-state index contributed by atoms with van der Waals surface area (Å²) in [5, 5.41) is 0. The van der Waals surface area contributed by atoms with Crippen LogP contribution < -0.4 is 5.73 Å². The Morgan fingerprint density at radius 1 is 1.28 bits per heavy atom. The quantitative estimate of drug-likeness (QED) is 0.810. The summed E-state index contributed by atoms with van der Waals surface area (Å²) in [5.74, 6) is 1.76. The van der Waals surface area contributed by atoms with Crippen molar-refractivity contribution in [2.45, 2.75) is 30.9 Å². The Bertz CT molecular complexity index is 939. The van der Waals surface area contributed by atoms with Crippen molar-refractivity contribution in [2.75, 3.05) is 12.8 Å². The third-order valence-corrected chi connectivity index (χ3v) is 6.33. The van der Waals surface area contributed by atoms with Crippen LogP contribution in [0.15, 0.2) is 54.4 Å². The van der Waals surface area contributed by atoms with Crippen LogP contribution in [-0.2, 0) is 29.8 Å². The van der Waals surface area contributed by atoms with Crippen LogP contribution in [0.4, 0.5) is 19.1 Å². The molecule has 7 heteroatoms. The van der Waals surface area contributed by atoms with Crippen molar-refractivity contribution >= 4 is 5.95 Å². The zero-order valence-corrected chi connectivity index (χ0v) is 16.4. The highest BCUT2D eigenvalue weighted by atomic mass is 19.4. The van der Waals surface area contributed by atoms with Crippen molar-refractivity contribution < 1.29 is 17.9 Å². The Kier molecular flexibility index (Phi) is 4.71. The molecule has 0 bridgehead atoms.